The number of hydrogen-bond acceptors (Lipinski definition) is 6. The molecule has 0 saturated carbocycles. The van der Waals surface area contributed by atoms with E-state index in [1.54, 1.807) is 18.2 Å². The van der Waals surface area contributed by atoms with Gasteiger partial charge in [0, 0.05) is 11.6 Å². The van der Waals surface area contributed by atoms with E-state index in [1.165, 1.54) is 19.2 Å². The summed E-state index contributed by atoms with van der Waals surface area (Å²) >= 11 is 0. The summed E-state index contributed by atoms with van der Waals surface area (Å²) in [4.78, 5) is 4.42. The number of sulfonamides is 1. The maximum atomic E-state index is 12.9. The molecule has 0 bridgehead atoms. The van der Waals surface area contributed by atoms with Crippen molar-refractivity contribution in [1.82, 2.24) is 10.1 Å². The Morgan fingerprint density at radius 2 is 1.82 bits per heavy atom. The standard InChI is InChI=1S/C20H23N3O4S/c1-12(2)19-21-20(27-22-19)17-11-16(8-9-18(17)26-5)28(24,25)23-15-7-6-13(3)14(4)10-15/h6-12,23H,1-5H3. The number of nitrogens with one attached hydrogen (secondary N) is 1. The van der Waals surface area contributed by atoms with Crippen molar-refractivity contribution in [3.8, 4) is 17.2 Å². The largest absolute Gasteiger partial charge is 0.496 e. The molecule has 0 atom stereocenters. The van der Waals surface area contributed by atoms with Gasteiger partial charge in [-0.25, -0.2) is 8.42 Å². The van der Waals surface area contributed by atoms with E-state index >= 15 is 0 Å². The lowest BCUT2D eigenvalue weighted by Crippen LogP contribution is -2.13. The molecule has 0 fully saturated rings. The number of aryl methyl sites for hydroxylation is 2. The van der Waals surface area contributed by atoms with E-state index < -0.39 is 10.0 Å². The van der Waals surface area contributed by atoms with Gasteiger partial charge in [0.2, 0.25) is 0 Å². The Bertz CT molecular complexity index is 1100. The van der Waals surface area contributed by atoms with Crippen LogP contribution in [0.3, 0.4) is 0 Å². The normalized spacial score (nSPS) is 11.6. The maximum absolute atomic E-state index is 12.9. The Morgan fingerprint density at radius 1 is 1.07 bits per heavy atom. The minimum absolute atomic E-state index is 0.0748. The van der Waals surface area contributed by atoms with Crippen LogP contribution in [0.5, 0.6) is 5.75 Å². The molecule has 0 aliphatic carbocycles. The molecule has 0 aliphatic heterocycles. The number of anilines is 1. The lowest BCUT2D eigenvalue weighted by atomic mass is 10.1. The molecule has 1 N–H and O–H groups in total. The van der Waals surface area contributed by atoms with Crippen LogP contribution in [0.2, 0.25) is 0 Å². The Labute approximate surface area is 164 Å². The Balaban J connectivity index is 2.00. The Hall–Kier alpha value is -2.87. The zero-order valence-electron chi connectivity index (χ0n) is 16.5. The van der Waals surface area contributed by atoms with Crippen molar-refractivity contribution < 1.29 is 17.7 Å². The molecule has 0 aliphatic rings. The molecule has 0 spiro atoms. The first-order valence-electron chi connectivity index (χ1n) is 8.83. The van der Waals surface area contributed by atoms with Crippen LogP contribution in [0.1, 0.15) is 36.7 Å². The van der Waals surface area contributed by atoms with Crippen molar-refractivity contribution in [2.75, 3.05) is 11.8 Å². The van der Waals surface area contributed by atoms with Crippen LogP contribution < -0.4 is 9.46 Å². The van der Waals surface area contributed by atoms with Crippen molar-refractivity contribution in [1.29, 1.82) is 0 Å². The summed E-state index contributed by atoms with van der Waals surface area (Å²) < 4.78 is 39.0. The van der Waals surface area contributed by atoms with Crippen LogP contribution in [-0.4, -0.2) is 25.7 Å². The van der Waals surface area contributed by atoms with Crippen molar-refractivity contribution in [3.05, 3.63) is 53.3 Å². The lowest BCUT2D eigenvalue weighted by Gasteiger charge is -2.12. The molecule has 0 unspecified atom stereocenters. The van der Waals surface area contributed by atoms with Crippen LogP contribution >= 0.6 is 0 Å². The third kappa shape index (κ3) is 4.01. The molecule has 2 aromatic carbocycles. The zero-order valence-corrected chi connectivity index (χ0v) is 17.3. The second-order valence-corrected chi connectivity index (χ2v) is 8.56. The fraction of sp³-hybridized carbons (Fsp3) is 0.300. The van der Waals surface area contributed by atoms with E-state index in [0.717, 1.165) is 11.1 Å². The fourth-order valence-corrected chi connectivity index (χ4v) is 3.69. The molecular formula is C20H23N3O4S. The quantitative estimate of drug-likeness (QED) is 0.662. The van der Waals surface area contributed by atoms with Gasteiger partial charge in [0.15, 0.2) is 5.82 Å². The number of nitrogens with zero attached hydrogens (tertiary/aromatic N) is 2. The summed E-state index contributed by atoms with van der Waals surface area (Å²) in [6.07, 6.45) is 0. The van der Waals surface area contributed by atoms with Crippen LogP contribution in [0.25, 0.3) is 11.5 Å². The predicted molar refractivity (Wildman–Crippen MR) is 107 cm³/mol. The second-order valence-electron chi connectivity index (χ2n) is 6.88. The van der Waals surface area contributed by atoms with Crippen LogP contribution in [0.4, 0.5) is 5.69 Å². The minimum Gasteiger partial charge on any atom is -0.496 e. The van der Waals surface area contributed by atoms with Crippen molar-refractivity contribution in [2.45, 2.75) is 38.5 Å². The highest BCUT2D eigenvalue weighted by molar-refractivity contribution is 7.92. The Kier molecular flexibility index (Phi) is 5.42. The number of rotatable bonds is 6. The molecule has 28 heavy (non-hydrogen) atoms. The van der Waals surface area contributed by atoms with Gasteiger partial charge in [0.25, 0.3) is 15.9 Å². The molecule has 8 heteroatoms. The molecule has 1 heterocycles. The third-order valence-corrected chi connectivity index (χ3v) is 5.81. The molecule has 0 amide bonds. The first-order chi connectivity index (χ1) is 13.2. The molecule has 0 radical (unpaired) electrons. The SMILES string of the molecule is COc1ccc(S(=O)(=O)Nc2ccc(C)c(C)c2)cc1-c1nc(C(C)C)no1. The fourth-order valence-electron chi connectivity index (χ4n) is 2.62. The van der Waals surface area contributed by atoms with Gasteiger partial charge in [-0.05, 0) is 55.3 Å². The van der Waals surface area contributed by atoms with E-state index in [4.69, 9.17) is 9.26 Å². The zero-order chi connectivity index (χ0) is 20.5. The number of ether oxygens (including phenoxy) is 1. The van der Waals surface area contributed by atoms with Gasteiger partial charge >= 0.3 is 0 Å². The molecule has 7 nitrogen and oxygen atoms in total. The van der Waals surface area contributed by atoms with Gasteiger partial charge in [-0.15, -0.1) is 0 Å². The Morgan fingerprint density at radius 3 is 2.43 bits per heavy atom. The number of methoxy groups -OCH3 is 1. The molecule has 0 saturated heterocycles. The average Bonchev–Trinajstić information content (AvgIpc) is 3.14. The smallest absolute Gasteiger partial charge is 0.261 e. The first kappa shape index (κ1) is 19.9. The highest BCUT2D eigenvalue weighted by Crippen LogP contribution is 2.32. The monoisotopic (exact) mass is 401 g/mol. The van der Waals surface area contributed by atoms with E-state index in [1.807, 2.05) is 33.8 Å². The van der Waals surface area contributed by atoms with Crippen LogP contribution in [0.15, 0.2) is 45.8 Å². The van der Waals surface area contributed by atoms with Gasteiger partial charge in [-0.2, -0.15) is 4.98 Å². The summed E-state index contributed by atoms with van der Waals surface area (Å²) in [5, 5.41) is 3.94. The second kappa shape index (κ2) is 7.63. The summed E-state index contributed by atoms with van der Waals surface area (Å²) in [7, 11) is -2.30. The minimum atomic E-state index is -3.80. The summed E-state index contributed by atoms with van der Waals surface area (Å²) in [5.74, 6) is 1.29. The summed E-state index contributed by atoms with van der Waals surface area (Å²) in [6.45, 7) is 7.79. The molecular weight excluding hydrogens is 378 g/mol. The van der Waals surface area contributed by atoms with Gasteiger partial charge in [-0.1, -0.05) is 25.1 Å². The average molecular weight is 401 g/mol. The molecule has 148 valence electrons. The first-order valence-corrected chi connectivity index (χ1v) is 10.3. The van der Waals surface area contributed by atoms with Gasteiger partial charge < -0.3 is 9.26 Å². The lowest BCUT2D eigenvalue weighted by molar-refractivity contribution is 0.401. The van der Waals surface area contributed by atoms with Gasteiger partial charge in [-0.3, -0.25) is 4.72 Å². The van der Waals surface area contributed by atoms with E-state index in [9.17, 15) is 8.42 Å². The van der Waals surface area contributed by atoms with E-state index in [-0.39, 0.29) is 16.7 Å². The van der Waals surface area contributed by atoms with Crippen molar-refractivity contribution in [3.63, 3.8) is 0 Å². The topological polar surface area (TPSA) is 94.3 Å². The summed E-state index contributed by atoms with van der Waals surface area (Å²) in [5.41, 5.74) is 3.01. The number of hydrogen-bond donors (Lipinski definition) is 1. The number of benzene rings is 2. The van der Waals surface area contributed by atoms with E-state index in [2.05, 4.69) is 14.9 Å². The van der Waals surface area contributed by atoms with Crippen LogP contribution in [0, 0.1) is 13.8 Å². The molecule has 3 rings (SSSR count). The van der Waals surface area contributed by atoms with Crippen molar-refractivity contribution in [2.24, 2.45) is 0 Å². The van der Waals surface area contributed by atoms with Gasteiger partial charge in [0.05, 0.1) is 17.6 Å². The highest BCUT2D eigenvalue weighted by atomic mass is 32.2. The van der Waals surface area contributed by atoms with Crippen molar-refractivity contribution >= 4 is 15.7 Å². The van der Waals surface area contributed by atoms with E-state index in [0.29, 0.717) is 22.8 Å². The maximum Gasteiger partial charge on any atom is 0.261 e. The highest BCUT2D eigenvalue weighted by Gasteiger charge is 2.21. The predicted octanol–water partition coefficient (Wildman–Crippen LogP) is 4.29. The molecule has 1 aromatic heterocycles. The molecule has 3 aromatic rings. The summed E-state index contributed by atoms with van der Waals surface area (Å²) in [6, 6.07) is 9.93. The van der Waals surface area contributed by atoms with Crippen LogP contribution in [-0.2, 0) is 10.0 Å². The third-order valence-electron chi connectivity index (χ3n) is 4.43. The van der Waals surface area contributed by atoms with Gasteiger partial charge in [0.1, 0.15) is 5.75 Å². The number of aromatic nitrogens is 2.